The van der Waals surface area contributed by atoms with E-state index in [1.54, 1.807) is 25.7 Å². The highest BCUT2D eigenvalue weighted by atomic mass is 16.6. The van der Waals surface area contributed by atoms with Crippen molar-refractivity contribution in [3.63, 3.8) is 0 Å². The number of rotatable bonds is 11. The van der Waals surface area contributed by atoms with Crippen LogP contribution < -0.4 is 10.6 Å². The number of amides is 3. The third-order valence-corrected chi connectivity index (χ3v) is 7.11. The standard InChI is InChI=1S/C30H49N3O4/c1-8-20-33(28(35)25(21(4)9-2)32-29(36)37-30(5,6)7)26(23-18-16-22(10-3)17-19-23)27(34)31-24-14-12-11-13-15-24/h16-19,21,24-26H,8-15,20H2,1-7H3,(H,31,34)(H,32,36). The van der Waals surface area contributed by atoms with Crippen molar-refractivity contribution in [2.24, 2.45) is 5.92 Å². The second-order valence-electron chi connectivity index (χ2n) is 11.4. The molecule has 0 spiro atoms. The van der Waals surface area contributed by atoms with E-state index in [-0.39, 0.29) is 23.8 Å². The largest absolute Gasteiger partial charge is 0.444 e. The van der Waals surface area contributed by atoms with Crippen molar-refractivity contribution in [1.82, 2.24) is 15.5 Å². The van der Waals surface area contributed by atoms with Gasteiger partial charge in [-0.15, -0.1) is 0 Å². The maximum absolute atomic E-state index is 14.1. The zero-order chi connectivity index (χ0) is 27.6. The molecule has 7 nitrogen and oxygen atoms in total. The summed E-state index contributed by atoms with van der Waals surface area (Å²) in [5, 5.41) is 6.07. The van der Waals surface area contributed by atoms with Gasteiger partial charge in [0.25, 0.3) is 0 Å². The van der Waals surface area contributed by atoms with Crippen LogP contribution in [-0.2, 0) is 20.7 Å². The molecular weight excluding hydrogens is 466 g/mol. The van der Waals surface area contributed by atoms with Crippen LogP contribution in [0.2, 0.25) is 0 Å². The van der Waals surface area contributed by atoms with Crippen LogP contribution in [0.25, 0.3) is 0 Å². The molecule has 37 heavy (non-hydrogen) atoms. The number of carbonyl (C=O) groups excluding carboxylic acids is 3. The Balaban J connectivity index is 2.44. The number of alkyl carbamates (subject to hydrolysis) is 1. The van der Waals surface area contributed by atoms with Gasteiger partial charge in [0.15, 0.2) is 0 Å². The molecule has 0 radical (unpaired) electrons. The van der Waals surface area contributed by atoms with Crippen LogP contribution in [0.5, 0.6) is 0 Å². The molecule has 2 N–H and O–H groups in total. The Bertz CT molecular complexity index is 872. The van der Waals surface area contributed by atoms with Gasteiger partial charge in [-0.3, -0.25) is 9.59 Å². The Kier molecular flexibility index (Phi) is 11.9. The maximum Gasteiger partial charge on any atom is 0.408 e. The topological polar surface area (TPSA) is 87.7 Å². The lowest BCUT2D eigenvalue weighted by molar-refractivity contribution is -0.143. The molecule has 0 aromatic heterocycles. The summed E-state index contributed by atoms with van der Waals surface area (Å²) < 4.78 is 5.47. The Morgan fingerprint density at radius 1 is 1.03 bits per heavy atom. The summed E-state index contributed by atoms with van der Waals surface area (Å²) in [5.74, 6) is -0.549. The van der Waals surface area contributed by atoms with Crippen molar-refractivity contribution in [1.29, 1.82) is 0 Å². The van der Waals surface area contributed by atoms with E-state index in [4.69, 9.17) is 4.74 Å². The molecular formula is C30H49N3O4. The first-order chi connectivity index (χ1) is 17.5. The third-order valence-electron chi connectivity index (χ3n) is 7.11. The van der Waals surface area contributed by atoms with Gasteiger partial charge in [-0.2, -0.15) is 0 Å². The van der Waals surface area contributed by atoms with E-state index in [0.29, 0.717) is 19.4 Å². The number of hydrogen-bond acceptors (Lipinski definition) is 4. The highest BCUT2D eigenvalue weighted by Gasteiger charge is 2.38. The first-order valence-electron chi connectivity index (χ1n) is 14.2. The lowest BCUT2D eigenvalue weighted by Crippen LogP contribution is -2.56. The quantitative estimate of drug-likeness (QED) is 0.383. The molecule has 2 rings (SSSR count). The van der Waals surface area contributed by atoms with E-state index in [9.17, 15) is 14.4 Å². The molecule has 1 saturated carbocycles. The average Bonchev–Trinajstić information content (AvgIpc) is 2.86. The minimum Gasteiger partial charge on any atom is -0.444 e. The van der Waals surface area contributed by atoms with Crippen molar-refractivity contribution in [3.05, 3.63) is 35.4 Å². The van der Waals surface area contributed by atoms with E-state index in [1.807, 2.05) is 45.0 Å². The van der Waals surface area contributed by atoms with Gasteiger partial charge in [0.05, 0.1) is 0 Å². The second-order valence-corrected chi connectivity index (χ2v) is 11.4. The van der Waals surface area contributed by atoms with E-state index >= 15 is 0 Å². The van der Waals surface area contributed by atoms with Crippen LogP contribution >= 0.6 is 0 Å². The van der Waals surface area contributed by atoms with Gasteiger partial charge >= 0.3 is 6.09 Å². The maximum atomic E-state index is 14.1. The Hall–Kier alpha value is -2.57. The van der Waals surface area contributed by atoms with Crippen LogP contribution in [0.4, 0.5) is 4.79 Å². The number of aryl methyl sites for hydroxylation is 1. The molecule has 208 valence electrons. The first kappa shape index (κ1) is 30.7. The lowest BCUT2D eigenvalue weighted by Gasteiger charge is -2.37. The predicted molar refractivity (Wildman–Crippen MR) is 148 cm³/mol. The molecule has 0 saturated heterocycles. The molecule has 1 aromatic carbocycles. The highest BCUT2D eigenvalue weighted by Crippen LogP contribution is 2.27. The summed E-state index contributed by atoms with van der Waals surface area (Å²) in [6.07, 6.45) is 6.98. The second kappa shape index (κ2) is 14.4. The average molecular weight is 516 g/mol. The van der Waals surface area contributed by atoms with Crippen molar-refractivity contribution >= 4 is 17.9 Å². The first-order valence-corrected chi connectivity index (χ1v) is 14.2. The summed E-state index contributed by atoms with van der Waals surface area (Å²) in [6, 6.07) is 6.52. The summed E-state index contributed by atoms with van der Waals surface area (Å²) in [6.45, 7) is 13.8. The molecule has 3 unspecified atom stereocenters. The van der Waals surface area contributed by atoms with Crippen LogP contribution in [0.15, 0.2) is 24.3 Å². The summed E-state index contributed by atoms with van der Waals surface area (Å²) in [4.78, 5) is 42.3. The Morgan fingerprint density at radius 3 is 2.16 bits per heavy atom. The fraction of sp³-hybridized carbons (Fsp3) is 0.700. The van der Waals surface area contributed by atoms with Gasteiger partial charge in [-0.1, -0.05) is 77.6 Å². The predicted octanol–water partition coefficient (Wildman–Crippen LogP) is 5.92. The van der Waals surface area contributed by atoms with E-state index in [1.165, 1.54) is 12.0 Å². The van der Waals surface area contributed by atoms with Gasteiger partial charge in [0.1, 0.15) is 17.7 Å². The van der Waals surface area contributed by atoms with Crippen molar-refractivity contribution < 1.29 is 19.1 Å². The van der Waals surface area contributed by atoms with Crippen LogP contribution in [0.1, 0.15) is 111 Å². The molecule has 3 atom stereocenters. The van der Waals surface area contributed by atoms with Gasteiger partial charge in [0, 0.05) is 12.6 Å². The number of nitrogens with one attached hydrogen (secondary N) is 2. The van der Waals surface area contributed by atoms with Crippen molar-refractivity contribution in [2.75, 3.05) is 6.54 Å². The molecule has 7 heteroatoms. The normalized spacial score (nSPS) is 16.8. The Morgan fingerprint density at radius 2 is 1.65 bits per heavy atom. The number of ether oxygens (including phenoxy) is 1. The zero-order valence-electron chi connectivity index (χ0n) is 24.1. The van der Waals surface area contributed by atoms with Gasteiger partial charge in [0.2, 0.25) is 11.8 Å². The summed E-state index contributed by atoms with van der Waals surface area (Å²) >= 11 is 0. The van der Waals surface area contributed by atoms with E-state index in [2.05, 4.69) is 17.6 Å². The minimum absolute atomic E-state index is 0.127. The van der Waals surface area contributed by atoms with Crippen LogP contribution in [0.3, 0.4) is 0 Å². The highest BCUT2D eigenvalue weighted by molar-refractivity contribution is 5.92. The molecule has 0 bridgehead atoms. The van der Waals surface area contributed by atoms with E-state index < -0.39 is 23.8 Å². The molecule has 1 aliphatic carbocycles. The molecule has 1 fully saturated rings. The molecule has 1 aromatic rings. The third kappa shape index (κ3) is 9.35. The number of nitrogens with zero attached hydrogens (tertiary/aromatic N) is 1. The fourth-order valence-electron chi connectivity index (χ4n) is 4.84. The molecule has 0 aliphatic heterocycles. The molecule has 0 heterocycles. The summed E-state index contributed by atoms with van der Waals surface area (Å²) in [5.41, 5.74) is 1.28. The number of carbonyl (C=O) groups is 3. The smallest absolute Gasteiger partial charge is 0.408 e. The van der Waals surface area contributed by atoms with Crippen LogP contribution in [0, 0.1) is 5.92 Å². The lowest BCUT2D eigenvalue weighted by atomic mass is 9.93. The van der Waals surface area contributed by atoms with Gasteiger partial charge < -0.3 is 20.3 Å². The van der Waals surface area contributed by atoms with Crippen molar-refractivity contribution in [3.8, 4) is 0 Å². The Labute approximate surface area is 224 Å². The SMILES string of the molecule is CCCN(C(=O)C(NC(=O)OC(C)(C)C)C(C)CC)C(C(=O)NC1CCCCC1)c1ccc(CC)cc1. The van der Waals surface area contributed by atoms with Gasteiger partial charge in [-0.05, 0) is 63.5 Å². The monoisotopic (exact) mass is 515 g/mol. The molecule has 1 aliphatic rings. The minimum atomic E-state index is -0.800. The number of hydrogen-bond donors (Lipinski definition) is 2. The fourth-order valence-corrected chi connectivity index (χ4v) is 4.84. The summed E-state index contributed by atoms with van der Waals surface area (Å²) in [7, 11) is 0. The van der Waals surface area contributed by atoms with Crippen molar-refractivity contribution in [2.45, 2.75) is 124 Å². The van der Waals surface area contributed by atoms with Gasteiger partial charge in [-0.25, -0.2) is 4.79 Å². The zero-order valence-corrected chi connectivity index (χ0v) is 24.1. The van der Waals surface area contributed by atoms with Crippen LogP contribution in [-0.4, -0.2) is 47.0 Å². The molecule has 3 amide bonds. The number of benzene rings is 1. The van der Waals surface area contributed by atoms with E-state index in [0.717, 1.165) is 37.7 Å².